The Hall–Kier alpha value is -2.41. The molecule has 0 saturated carbocycles. The fourth-order valence-electron chi connectivity index (χ4n) is 3.49. The van der Waals surface area contributed by atoms with E-state index in [-0.39, 0.29) is 11.8 Å². The van der Waals surface area contributed by atoms with Gasteiger partial charge in [0.1, 0.15) is 11.6 Å². The van der Waals surface area contributed by atoms with Gasteiger partial charge in [-0.05, 0) is 18.6 Å². The molecule has 0 unspecified atom stereocenters. The molecule has 1 fully saturated rings. The number of amides is 1. The van der Waals surface area contributed by atoms with E-state index in [1.54, 1.807) is 6.20 Å². The zero-order chi connectivity index (χ0) is 17.1. The predicted octanol–water partition coefficient (Wildman–Crippen LogP) is 1.31. The fourth-order valence-corrected chi connectivity index (χ4v) is 3.49. The molecule has 0 radical (unpaired) electrons. The lowest BCUT2D eigenvalue weighted by Gasteiger charge is -2.23. The van der Waals surface area contributed by atoms with Crippen LogP contribution in [0.1, 0.15) is 17.9 Å². The minimum atomic E-state index is 0.0377. The molecule has 0 aliphatic carbocycles. The average molecular weight is 341 g/mol. The highest BCUT2D eigenvalue weighted by atomic mass is 16.5. The third-order valence-electron chi connectivity index (χ3n) is 4.93. The number of aromatic nitrogens is 3. The van der Waals surface area contributed by atoms with Gasteiger partial charge in [0.15, 0.2) is 0 Å². The zero-order valence-electron chi connectivity index (χ0n) is 14.2. The second-order valence-corrected chi connectivity index (χ2v) is 6.52. The summed E-state index contributed by atoms with van der Waals surface area (Å²) in [7, 11) is 0. The van der Waals surface area contributed by atoms with Crippen molar-refractivity contribution in [3.8, 4) is 0 Å². The average Bonchev–Trinajstić information content (AvgIpc) is 3.26. The van der Waals surface area contributed by atoms with Gasteiger partial charge in [0.2, 0.25) is 5.91 Å². The molecule has 2 aliphatic rings. The first-order chi connectivity index (χ1) is 12.3. The van der Waals surface area contributed by atoms with Crippen LogP contribution in [0, 0.1) is 5.92 Å². The maximum Gasteiger partial charge on any atom is 0.228 e. The summed E-state index contributed by atoms with van der Waals surface area (Å²) in [6.07, 6.45) is 5.34. The van der Waals surface area contributed by atoms with E-state index in [1.807, 2.05) is 29.3 Å². The van der Waals surface area contributed by atoms with Crippen LogP contribution in [-0.2, 0) is 29.0 Å². The number of imidazole rings is 1. The Balaban J connectivity index is 1.40. The highest BCUT2D eigenvalue weighted by molar-refractivity contribution is 5.79. The number of ether oxygens (including phenoxy) is 1. The van der Waals surface area contributed by atoms with Crippen LogP contribution in [0.2, 0.25) is 0 Å². The molecule has 2 aromatic rings. The van der Waals surface area contributed by atoms with Gasteiger partial charge in [0.25, 0.3) is 0 Å². The largest absolute Gasteiger partial charge is 0.381 e. The van der Waals surface area contributed by atoms with Gasteiger partial charge in [-0.2, -0.15) is 0 Å². The molecule has 1 saturated heterocycles. The van der Waals surface area contributed by atoms with E-state index < -0.39 is 0 Å². The van der Waals surface area contributed by atoms with Crippen LogP contribution in [0.15, 0.2) is 30.6 Å². The molecule has 7 nitrogen and oxygen atoms in total. The molecule has 1 N–H and O–H groups in total. The minimum absolute atomic E-state index is 0.0377. The molecule has 0 spiro atoms. The quantitative estimate of drug-likeness (QED) is 0.908. The van der Waals surface area contributed by atoms with Gasteiger partial charge in [-0.15, -0.1) is 0 Å². The van der Waals surface area contributed by atoms with Crippen LogP contribution in [0.4, 0.5) is 5.82 Å². The molecule has 132 valence electrons. The summed E-state index contributed by atoms with van der Waals surface area (Å²) in [6, 6.07) is 5.81. The van der Waals surface area contributed by atoms with E-state index in [4.69, 9.17) is 4.74 Å². The normalized spacial score (nSPS) is 20.2. The van der Waals surface area contributed by atoms with Crippen molar-refractivity contribution in [3.63, 3.8) is 0 Å². The molecule has 1 atom stereocenters. The van der Waals surface area contributed by atoms with Crippen molar-refractivity contribution in [3.05, 3.63) is 42.1 Å². The highest BCUT2D eigenvalue weighted by Gasteiger charge is 2.29. The van der Waals surface area contributed by atoms with Gasteiger partial charge < -0.3 is 19.5 Å². The Bertz CT molecular complexity index is 724. The van der Waals surface area contributed by atoms with Crippen molar-refractivity contribution in [1.82, 2.24) is 19.4 Å². The standard InChI is InChI=1S/C18H23N5O2/c24-18(14-5-10-25-13-14)22-7-4-17-21-12-15(23(17)9-8-22)11-20-16-3-1-2-6-19-16/h1-3,6,12,14H,4-5,7-11,13H2,(H,19,20)/t14-/m1/s1. The van der Waals surface area contributed by atoms with Gasteiger partial charge in [-0.1, -0.05) is 6.07 Å². The van der Waals surface area contributed by atoms with E-state index in [1.165, 1.54) is 0 Å². The van der Waals surface area contributed by atoms with Crippen LogP contribution >= 0.6 is 0 Å². The van der Waals surface area contributed by atoms with Crippen LogP contribution in [0.25, 0.3) is 0 Å². The monoisotopic (exact) mass is 341 g/mol. The molecule has 2 aromatic heterocycles. The van der Waals surface area contributed by atoms with Crippen LogP contribution in [0.5, 0.6) is 0 Å². The van der Waals surface area contributed by atoms with Gasteiger partial charge in [-0.25, -0.2) is 9.97 Å². The molecule has 25 heavy (non-hydrogen) atoms. The zero-order valence-corrected chi connectivity index (χ0v) is 14.2. The molecule has 1 amide bonds. The summed E-state index contributed by atoms with van der Waals surface area (Å²) in [5.74, 6) is 2.17. The SMILES string of the molecule is O=C([C@@H]1CCOC1)N1CCc2ncc(CNc3ccccn3)n2CC1. The van der Waals surface area contributed by atoms with Crippen molar-refractivity contribution in [2.24, 2.45) is 5.92 Å². The van der Waals surface area contributed by atoms with Crippen molar-refractivity contribution in [2.75, 3.05) is 31.6 Å². The third-order valence-corrected chi connectivity index (χ3v) is 4.93. The maximum absolute atomic E-state index is 12.6. The number of nitrogens with zero attached hydrogens (tertiary/aromatic N) is 4. The lowest BCUT2D eigenvalue weighted by molar-refractivity contribution is -0.135. The van der Waals surface area contributed by atoms with Crippen molar-refractivity contribution in [2.45, 2.75) is 25.9 Å². The number of hydrogen-bond donors (Lipinski definition) is 1. The van der Waals surface area contributed by atoms with Gasteiger partial charge in [0.05, 0.1) is 31.0 Å². The molecule has 0 aromatic carbocycles. The van der Waals surface area contributed by atoms with E-state index in [2.05, 4.69) is 19.9 Å². The predicted molar refractivity (Wildman–Crippen MR) is 93.0 cm³/mol. The molecule has 2 aliphatic heterocycles. The molecular formula is C18H23N5O2. The molecule has 4 rings (SSSR count). The van der Waals surface area contributed by atoms with E-state index >= 15 is 0 Å². The number of hydrogen-bond acceptors (Lipinski definition) is 5. The number of anilines is 1. The maximum atomic E-state index is 12.6. The van der Waals surface area contributed by atoms with Gasteiger partial charge >= 0.3 is 0 Å². The van der Waals surface area contributed by atoms with Crippen molar-refractivity contribution < 1.29 is 9.53 Å². The lowest BCUT2D eigenvalue weighted by atomic mass is 10.1. The smallest absolute Gasteiger partial charge is 0.228 e. The van der Waals surface area contributed by atoms with Crippen LogP contribution < -0.4 is 5.32 Å². The Morgan fingerprint density at radius 3 is 3.04 bits per heavy atom. The lowest BCUT2D eigenvalue weighted by Crippen LogP contribution is -2.38. The van der Waals surface area contributed by atoms with E-state index in [0.717, 1.165) is 49.8 Å². The fraction of sp³-hybridized carbons (Fsp3) is 0.500. The first-order valence-electron chi connectivity index (χ1n) is 8.86. The number of carbonyl (C=O) groups is 1. The van der Waals surface area contributed by atoms with E-state index in [9.17, 15) is 4.79 Å². The summed E-state index contributed by atoms with van der Waals surface area (Å²) >= 11 is 0. The Kier molecular flexibility index (Phi) is 4.65. The van der Waals surface area contributed by atoms with E-state index in [0.29, 0.717) is 19.8 Å². The number of nitrogens with one attached hydrogen (secondary N) is 1. The summed E-state index contributed by atoms with van der Waals surface area (Å²) < 4.78 is 7.59. The molecule has 0 bridgehead atoms. The Labute approximate surface area is 147 Å². The second-order valence-electron chi connectivity index (χ2n) is 6.52. The summed E-state index contributed by atoms with van der Waals surface area (Å²) in [5, 5.41) is 3.33. The first-order valence-corrected chi connectivity index (χ1v) is 8.86. The number of rotatable bonds is 4. The first kappa shape index (κ1) is 16.1. The summed E-state index contributed by atoms with van der Waals surface area (Å²) in [4.78, 5) is 23.4. The Morgan fingerprint density at radius 2 is 2.24 bits per heavy atom. The van der Waals surface area contributed by atoms with Crippen molar-refractivity contribution in [1.29, 1.82) is 0 Å². The number of carbonyl (C=O) groups excluding carboxylic acids is 1. The molecular weight excluding hydrogens is 318 g/mol. The van der Waals surface area contributed by atoms with Gasteiger partial charge in [-0.3, -0.25) is 4.79 Å². The number of pyridine rings is 1. The molecule has 4 heterocycles. The summed E-state index contributed by atoms with van der Waals surface area (Å²) in [6.45, 7) is 4.20. The van der Waals surface area contributed by atoms with Crippen LogP contribution in [-0.4, -0.2) is 51.6 Å². The minimum Gasteiger partial charge on any atom is -0.381 e. The van der Waals surface area contributed by atoms with Gasteiger partial charge in [0, 0.05) is 38.9 Å². The van der Waals surface area contributed by atoms with Crippen molar-refractivity contribution >= 4 is 11.7 Å². The van der Waals surface area contributed by atoms with Crippen LogP contribution in [0.3, 0.4) is 0 Å². The highest BCUT2D eigenvalue weighted by Crippen LogP contribution is 2.19. The molecule has 7 heteroatoms. The third kappa shape index (κ3) is 3.51. The second kappa shape index (κ2) is 7.23. The summed E-state index contributed by atoms with van der Waals surface area (Å²) in [5.41, 5.74) is 1.12. The number of fused-ring (bicyclic) bond motifs is 1. The topological polar surface area (TPSA) is 72.3 Å². The Morgan fingerprint density at radius 1 is 1.28 bits per heavy atom.